The SMILES string of the molecule is COC(=O)N(C)c1cccc(F)c1. The first-order valence-corrected chi connectivity index (χ1v) is 3.72. The molecule has 4 heteroatoms. The summed E-state index contributed by atoms with van der Waals surface area (Å²) in [5.74, 6) is -0.381. The standard InChI is InChI=1S/C9H10FNO2/c1-11(9(12)13-2)8-5-3-4-7(10)6-8/h3-6H,1-2H3. The van der Waals surface area contributed by atoms with Gasteiger partial charge in [0.25, 0.3) is 0 Å². The maximum absolute atomic E-state index is 12.7. The number of carbonyl (C=O) groups excluding carboxylic acids is 1. The van der Waals surface area contributed by atoms with Crippen LogP contribution in [0.1, 0.15) is 0 Å². The average Bonchev–Trinajstić information content (AvgIpc) is 2.15. The van der Waals surface area contributed by atoms with Crippen molar-refractivity contribution >= 4 is 11.8 Å². The van der Waals surface area contributed by atoms with Gasteiger partial charge in [0.1, 0.15) is 5.82 Å². The fourth-order valence-electron chi connectivity index (χ4n) is 0.927. The van der Waals surface area contributed by atoms with E-state index in [0.717, 1.165) is 0 Å². The number of rotatable bonds is 1. The van der Waals surface area contributed by atoms with E-state index in [9.17, 15) is 9.18 Å². The molecule has 0 spiro atoms. The molecule has 0 aliphatic heterocycles. The van der Waals surface area contributed by atoms with E-state index in [1.54, 1.807) is 6.07 Å². The Balaban J connectivity index is 2.88. The summed E-state index contributed by atoms with van der Waals surface area (Å²) in [6.45, 7) is 0. The first-order valence-electron chi connectivity index (χ1n) is 3.72. The fraction of sp³-hybridized carbons (Fsp3) is 0.222. The first kappa shape index (κ1) is 9.51. The molecule has 1 rings (SSSR count). The summed E-state index contributed by atoms with van der Waals surface area (Å²) >= 11 is 0. The van der Waals surface area contributed by atoms with E-state index in [-0.39, 0.29) is 5.82 Å². The Kier molecular flexibility index (Phi) is 2.84. The van der Waals surface area contributed by atoms with Gasteiger partial charge >= 0.3 is 6.09 Å². The molecule has 0 saturated carbocycles. The van der Waals surface area contributed by atoms with E-state index in [1.165, 1.54) is 37.3 Å². The normalized spacial score (nSPS) is 9.46. The number of hydrogen-bond acceptors (Lipinski definition) is 2. The van der Waals surface area contributed by atoms with Gasteiger partial charge in [0.15, 0.2) is 0 Å². The van der Waals surface area contributed by atoms with E-state index >= 15 is 0 Å². The summed E-state index contributed by atoms with van der Waals surface area (Å²) < 4.78 is 17.2. The number of halogens is 1. The summed E-state index contributed by atoms with van der Waals surface area (Å²) in [6.07, 6.45) is -0.523. The lowest BCUT2D eigenvalue weighted by Gasteiger charge is -2.14. The van der Waals surface area contributed by atoms with E-state index < -0.39 is 6.09 Å². The van der Waals surface area contributed by atoms with Crippen molar-refractivity contribution < 1.29 is 13.9 Å². The van der Waals surface area contributed by atoms with Crippen molar-refractivity contribution in [3.8, 4) is 0 Å². The second-order valence-corrected chi connectivity index (χ2v) is 2.51. The molecule has 0 fully saturated rings. The van der Waals surface area contributed by atoms with Crippen molar-refractivity contribution in [1.29, 1.82) is 0 Å². The minimum Gasteiger partial charge on any atom is -0.452 e. The van der Waals surface area contributed by atoms with Crippen LogP contribution >= 0.6 is 0 Å². The minimum absolute atomic E-state index is 0.381. The molecule has 13 heavy (non-hydrogen) atoms. The predicted octanol–water partition coefficient (Wildman–Crippen LogP) is 2.03. The molecule has 0 radical (unpaired) electrons. The van der Waals surface area contributed by atoms with Crippen LogP contribution < -0.4 is 4.90 Å². The molecule has 0 saturated heterocycles. The Bertz CT molecular complexity index is 314. The Labute approximate surface area is 75.7 Å². The van der Waals surface area contributed by atoms with Gasteiger partial charge in [-0.25, -0.2) is 9.18 Å². The van der Waals surface area contributed by atoms with Gasteiger partial charge in [-0.3, -0.25) is 4.90 Å². The third kappa shape index (κ3) is 2.18. The summed E-state index contributed by atoms with van der Waals surface area (Å²) in [7, 11) is 2.79. The van der Waals surface area contributed by atoms with E-state index in [1.807, 2.05) is 0 Å². The number of benzene rings is 1. The molecule has 0 bridgehead atoms. The van der Waals surface area contributed by atoms with Crippen molar-refractivity contribution in [2.45, 2.75) is 0 Å². The lowest BCUT2D eigenvalue weighted by Crippen LogP contribution is -2.25. The van der Waals surface area contributed by atoms with Crippen LogP contribution in [0.4, 0.5) is 14.9 Å². The van der Waals surface area contributed by atoms with Crippen molar-refractivity contribution in [3.63, 3.8) is 0 Å². The Morgan fingerprint density at radius 1 is 1.54 bits per heavy atom. The highest BCUT2D eigenvalue weighted by Gasteiger charge is 2.10. The van der Waals surface area contributed by atoms with Gasteiger partial charge in [0, 0.05) is 12.7 Å². The Morgan fingerprint density at radius 2 is 2.23 bits per heavy atom. The third-order valence-electron chi connectivity index (χ3n) is 1.64. The topological polar surface area (TPSA) is 29.5 Å². The zero-order valence-electron chi connectivity index (χ0n) is 7.45. The largest absolute Gasteiger partial charge is 0.452 e. The molecule has 3 nitrogen and oxygen atoms in total. The van der Waals surface area contributed by atoms with Crippen molar-refractivity contribution in [2.24, 2.45) is 0 Å². The maximum Gasteiger partial charge on any atom is 0.413 e. The van der Waals surface area contributed by atoms with Crippen LogP contribution in [0.5, 0.6) is 0 Å². The molecule has 1 aromatic rings. The first-order chi connectivity index (χ1) is 6.15. The van der Waals surface area contributed by atoms with Crippen molar-refractivity contribution in [2.75, 3.05) is 19.1 Å². The van der Waals surface area contributed by atoms with Gasteiger partial charge in [-0.2, -0.15) is 0 Å². The molecule has 0 aliphatic carbocycles. The molecular formula is C9H10FNO2. The predicted molar refractivity (Wildman–Crippen MR) is 47.2 cm³/mol. The lowest BCUT2D eigenvalue weighted by atomic mass is 10.3. The van der Waals surface area contributed by atoms with Gasteiger partial charge in [-0.05, 0) is 18.2 Å². The van der Waals surface area contributed by atoms with E-state index in [4.69, 9.17) is 0 Å². The van der Waals surface area contributed by atoms with Gasteiger partial charge in [-0.1, -0.05) is 6.07 Å². The minimum atomic E-state index is -0.523. The maximum atomic E-state index is 12.7. The summed E-state index contributed by atoms with van der Waals surface area (Å²) in [5, 5.41) is 0. The zero-order chi connectivity index (χ0) is 9.84. The van der Waals surface area contributed by atoms with Crippen LogP contribution in [0.3, 0.4) is 0 Å². The molecule has 1 aromatic carbocycles. The molecular weight excluding hydrogens is 173 g/mol. The number of nitrogens with zero attached hydrogens (tertiary/aromatic N) is 1. The molecule has 70 valence electrons. The van der Waals surface area contributed by atoms with Crippen LogP contribution in [-0.2, 0) is 4.74 Å². The Morgan fingerprint density at radius 3 is 2.77 bits per heavy atom. The highest BCUT2D eigenvalue weighted by Crippen LogP contribution is 2.14. The van der Waals surface area contributed by atoms with Crippen molar-refractivity contribution in [3.05, 3.63) is 30.1 Å². The second-order valence-electron chi connectivity index (χ2n) is 2.51. The number of carbonyl (C=O) groups is 1. The fourth-order valence-corrected chi connectivity index (χ4v) is 0.927. The number of ether oxygens (including phenoxy) is 1. The van der Waals surface area contributed by atoms with Crippen LogP contribution in [0.2, 0.25) is 0 Å². The summed E-state index contributed by atoms with van der Waals surface area (Å²) in [6, 6.07) is 5.73. The Hall–Kier alpha value is -1.58. The van der Waals surface area contributed by atoms with Gasteiger partial charge in [0.2, 0.25) is 0 Å². The highest BCUT2D eigenvalue weighted by molar-refractivity contribution is 5.86. The summed E-state index contributed by atoms with van der Waals surface area (Å²) in [5.41, 5.74) is 0.465. The average molecular weight is 183 g/mol. The number of methoxy groups -OCH3 is 1. The van der Waals surface area contributed by atoms with Gasteiger partial charge in [-0.15, -0.1) is 0 Å². The van der Waals surface area contributed by atoms with Gasteiger partial charge in [0.05, 0.1) is 7.11 Å². The zero-order valence-corrected chi connectivity index (χ0v) is 7.45. The quantitative estimate of drug-likeness (QED) is 0.666. The molecule has 1 amide bonds. The molecule has 0 aliphatic rings. The van der Waals surface area contributed by atoms with E-state index in [0.29, 0.717) is 5.69 Å². The highest BCUT2D eigenvalue weighted by atomic mass is 19.1. The smallest absolute Gasteiger partial charge is 0.413 e. The molecule has 0 heterocycles. The number of amides is 1. The van der Waals surface area contributed by atoms with Crippen LogP contribution in [0.25, 0.3) is 0 Å². The third-order valence-corrected chi connectivity index (χ3v) is 1.64. The van der Waals surface area contributed by atoms with Gasteiger partial charge < -0.3 is 4.74 Å². The molecule has 0 atom stereocenters. The van der Waals surface area contributed by atoms with Crippen LogP contribution in [0.15, 0.2) is 24.3 Å². The molecule has 0 aromatic heterocycles. The molecule has 0 unspecified atom stereocenters. The molecule has 0 N–H and O–H groups in total. The lowest BCUT2D eigenvalue weighted by molar-refractivity contribution is 0.180. The van der Waals surface area contributed by atoms with Crippen LogP contribution in [0, 0.1) is 5.82 Å². The number of anilines is 1. The second kappa shape index (κ2) is 3.89. The summed E-state index contributed by atoms with van der Waals surface area (Å²) in [4.78, 5) is 12.2. The van der Waals surface area contributed by atoms with Crippen molar-refractivity contribution in [1.82, 2.24) is 0 Å². The number of hydrogen-bond donors (Lipinski definition) is 0. The van der Waals surface area contributed by atoms with E-state index in [2.05, 4.69) is 4.74 Å². The van der Waals surface area contributed by atoms with Crippen LogP contribution in [-0.4, -0.2) is 20.3 Å². The monoisotopic (exact) mass is 183 g/mol.